The van der Waals surface area contributed by atoms with E-state index in [1.807, 2.05) is 0 Å². The van der Waals surface area contributed by atoms with Crippen LogP contribution in [0.4, 0.5) is 0 Å². The minimum atomic E-state index is -0.181. The normalized spacial score (nSPS) is 60.7. The van der Waals surface area contributed by atoms with Crippen molar-refractivity contribution in [1.29, 1.82) is 0 Å². The highest BCUT2D eigenvalue weighted by Crippen LogP contribution is 2.67. The molecule has 0 aromatic carbocycles. The fourth-order valence-corrected chi connectivity index (χ4v) is 10.6. The first-order valence-corrected chi connectivity index (χ1v) is 13.5. The molecule has 2 N–H and O–H groups in total. The van der Waals surface area contributed by atoms with Crippen molar-refractivity contribution in [1.82, 2.24) is 4.90 Å². The fraction of sp³-hybridized carbons (Fsp3) is 1.00. The Morgan fingerprint density at radius 2 is 1.53 bits per heavy atom. The van der Waals surface area contributed by atoms with Gasteiger partial charge in [0, 0.05) is 19.1 Å². The number of aliphatic hydroxyl groups is 2. The second-order valence-corrected chi connectivity index (χ2v) is 13.1. The molecule has 30 heavy (non-hydrogen) atoms. The molecule has 0 bridgehead atoms. The van der Waals surface area contributed by atoms with Crippen molar-refractivity contribution >= 4 is 0 Å². The Bertz CT molecular complexity index is 665. The highest BCUT2D eigenvalue weighted by atomic mass is 16.3. The van der Waals surface area contributed by atoms with Crippen molar-refractivity contribution in [3.05, 3.63) is 0 Å². The SMILES string of the molecule is C[C@@H]1CC[C@H]2[C@H](C)[C@@H]3CC[C@@H]4[C@@H](C[C@H]5[C@H]4C[C@@H](O)[C@H]4C[C@@H](O)CC[C@@]45C)[C@H]3CN2C1. The van der Waals surface area contributed by atoms with Crippen LogP contribution in [0.1, 0.15) is 78.6 Å². The summed E-state index contributed by atoms with van der Waals surface area (Å²) >= 11 is 0. The lowest BCUT2D eigenvalue weighted by Crippen LogP contribution is -2.58. The van der Waals surface area contributed by atoms with Crippen molar-refractivity contribution < 1.29 is 10.2 Å². The molecule has 2 saturated heterocycles. The molecule has 0 unspecified atom stereocenters. The number of rotatable bonds is 0. The van der Waals surface area contributed by atoms with E-state index in [4.69, 9.17) is 0 Å². The van der Waals surface area contributed by atoms with E-state index in [1.165, 1.54) is 45.2 Å². The van der Waals surface area contributed by atoms with Crippen molar-refractivity contribution in [3.63, 3.8) is 0 Å². The average molecular weight is 416 g/mol. The van der Waals surface area contributed by atoms with Crippen LogP contribution in [0.15, 0.2) is 0 Å². The lowest BCUT2D eigenvalue weighted by Gasteiger charge is -2.56. The number of aliphatic hydroxyl groups excluding tert-OH is 2. The van der Waals surface area contributed by atoms with Crippen LogP contribution in [0.25, 0.3) is 0 Å². The smallest absolute Gasteiger partial charge is 0.0577 e. The molecule has 2 aliphatic heterocycles. The maximum atomic E-state index is 11.2. The highest BCUT2D eigenvalue weighted by molar-refractivity contribution is 5.12. The number of fused-ring (bicyclic) bond motifs is 8. The number of hydrogen-bond acceptors (Lipinski definition) is 3. The first kappa shape index (κ1) is 20.5. The first-order valence-electron chi connectivity index (χ1n) is 13.5. The second-order valence-electron chi connectivity index (χ2n) is 13.1. The lowest BCUT2D eigenvalue weighted by molar-refractivity contribution is -0.130. The van der Waals surface area contributed by atoms with Gasteiger partial charge in [-0.3, -0.25) is 4.90 Å². The molecule has 0 aromatic rings. The Labute approximate surface area is 184 Å². The molecular weight excluding hydrogens is 370 g/mol. The Morgan fingerprint density at radius 3 is 2.37 bits per heavy atom. The van der Waals surface area contributed by atoms with E-state index < -0.39 is 0 Å². The van der Waals surface area contributed by atoms with Gasteiger partial charge in [0.1, 0.15) is 0 Å². The maximum Gasteiger partial charge on any atom is 0.0577 e. The lowest BCUT2D eigenvalue weighted by atomic mass is 9.51. The summed E-state index contributed by atoms with van der Waals surface area (Å²) in [6.07, 6.45) is 10.7. The van der Waals surface area contributed by atoms with E-state index in [2.05, 4.69) is 25.7 Å². The van der Waals surface area contributed by atoms with Crippen LogP contribution in [-0.2, 0) is 0 Å². The average Bonchev–Trinajstić information content (AvgIpc) is 3.09. The zero-order chi connectivity index (χ0) is 20.8. The molecule has 3 nitrogen and oxygen atoms in total. The summed E-state index contributed by atoms with van der Waals surface area (Å²) in [7, 11) is 0. The van der Waals surface area contributed by atoms with Crippen LogP contribution in [-0.4, -0.2) is 46.5 Å². The highest BCUT2D eigenvalue weighted by Gasteiger charge is 2.62. The number of nitrogens with zero attached hydrogens (tertiary/aromatic N) is 1. The maximum absolute atomic E-state index is 11.2. The summed E-state index contributed by atoms with van der Waals surface area (Å²) in [5.41, 5.74) is 0.261. The van der Waals surface area contributed by atoms with Gasteiger partial charge in [0.2, 0.25) is 0 Å². The molecule has 3 heteroatoms. The zero-order valence-corrected chi connectivity index (χ0v) is 19.5. The van der Waals surface area contributed by atoms with Gasteiger partial charge in [-0.2, -0.15) is 0 Å². The van der Waals surface area contributed by atoms with Gasteiger partial charge in [-0.1, -0.05) is 20.8 Å². The van der Waals surface area contributed by atoms with Crippen molar-refractivity contribution in [3.8, 4) is 0 Å². The minimum absolute atomic E-state index is 0.180. The summed E-state index contributed by atoms with van der Waals surface area (Å²) in [5.74, 6) is 7.22. The van der Waals surface area contributed by atoms with Crippen LogP contribution in [0.2, 0.25) is 0 Å². The number of hydrogen-bond donors (Lipinski definition) is 2. The van der Waals surface area contributed by atoms with Crippen molar-refractivity contribution in [2.45, 2.75) is 96.8 Å². The van der Waals surface area contributed by atoms with E-state index in [9.17, 15) is 10.2 Å². The van der Waals surface area contributed by atoms with Crippen LogP contribution in [0.3, 0.4) is 0 Å². The molecule has 0 amide bonds. The fourth-order valence-electron chi connectivity index (χ4n) is 10.6. The second kappa shape index (κ2) is 7.19. The van der Waals surface area contributed by atoms with Crippen molar-refractivity contribution in [2.24, 2.45) is 58.7 Å². The summed E-state index contributed by atoms with van der Waals surface area (Å²) in [6.45, 7) is 10.3. The van der Waals surface area contributed by atoms with Crippen molar-refractivity contribution in [2.75, 3.05) is 13.1 Å². The molecule has 2 heterocycles. The van der Waals surface area contributed by atoms with E-state index in [1.54, 1.807) is 0 Å². The van der Waals surface area contributed by atoms with Gasteiger partial charge in [-0.25, -0.2) is 0 Å². The van der Waals surface area contributed by atoms with E-state index >= 15 is 0 Å². The first-order chi connectivity index (χ1) is 14.4. The Balaban J connectivity index is 1.28. The molecule has 0 spiro atoms. The third-order valence-electron chi connectivity index (χ3n) is 12.0. The Kier molecular flexibility index (Phi) is 4.91. The van der Waals surface area contributed by atoms with Crippen LogP contribution < -0.4 is 0 Å². The molecule has 13 atom stereocenters. The molecule has 170 valence electrons. The van der Waals surface area contributed by atoms with E-state index in [0.717, 1.165) is 79.1 Å². The van der Waals surface area contributed by atoms with Gasteiger partial charge in [0.15, 0.2) is 0 Å². The number of piperidine rings is 2. The van der Waals surface area contributed by atoms with Crippen LogP contribution >= 0.6 is 0 Å². The summed E-state index contributed by atoms with van der Waals surface area (Å²) in [4.78, 5) is 2.92. The zero-order valence-electron chi connectivity index (χ0n) is 19.5. The molecule has 4 aliphatic carbocycles. The summed E-state index contributed by atoms with van der Waals surface area (Å²) in [5, 5.41) is 21.5. The van der Waals surface area contributed by atoms with E-state index in [0.29, 0.717) is 5.92 Å². The van der Waals surface area contributed by atoms with E-state index in [-0.39, 0.29) is 17.6 Å². The quantitative estimate of drug-likeness (QED) is 0.609. The van der Waals surface area contributed by atoms with Gasteiger partial charge in [-0.05, 0) is 116 Å². The van der Waals surface area contributed by atoms with Gasteiger partial charge >= 0.3 is 0 Å². The van der Waals surface area contributed by atoms with Crippen LogP contribution in [0.5, 0.6) is 0 Å². The standard InChI is InChI=1S/C27H45NO2/c1-15-4-7-25-16(2)18-5-6-19-20(22(18)14-28(25)13-15)11-23-21(19)12-26(30)24-10-17(29)8-9-27(23,24)3/h15-26,29-30H,4-14H2,1-3H3/t15-,16-,17+,18+,19-,20-,21+,22+,23+,24-,25+,26-,27-/m1/s1. The largest absolute Gasteiger partial charge is 0.393 e. The summed E-state index contributed by atoms with van der Waals surface area (Å²) < 4.78 is 0. The molecule has 6 fully saturated rings. The summed E-state index contributed by atoms with van der Waals surface area (Å²) in [6, 6.07) is 0.853. The third kappa shape index (κ3) is 2.86. The molecule has 6 aliphatic rings. The topological polar surface area (TPSA) is 43.7 Å². The van der Waals surface area contributed by atoms with Gasteiger partial charge in [-0.15, -0.1) is 0 Å². The Morgan fingerprint density at radius 1 is 0.733 bits per heavy atom. The molecule has 0 aromatic heterocycles. The van der Waals surface area contributed by atoms with Gasteiger partial charge in [0.05, 0.1) is 12.2 Å². The predicted octanol–water partition coefficient (Wildman–Crippen LogP) is 4.56. The monoisotopic (exact) mass is 415 g/mol. The Hall–Kier alpha value is -0.120. The molecule has 6 rings (SSSR count). The molecule has 0 radical (unpaired) electrons. The molecule has 4 saturated carbocycles. The minimum Gasteiger partial charge on any atom is -0.393 e. The van der Waals surface area contributed by atoms with Gasteiger partial charge < -0.3 is 10.2 Å². The van der Waals surface area contributed by atoms with Crippen LogP contribution in [0, 0.1) is 58.7 Å². The molecular formula is C27H45NO2. The predicted molar refractivity (Wildman–Crippen MR) is 120 cm³/mol. The van der Waals surface area contributed by atoms with Gasteiger partial charge in [0.25, 0.3) is 0 Å². The third-order valence-corrected chi connectivity index (χ3v) is 12.0.